The molecular formula is C21H17FN2O5. The zero-order valence-corrected chi connectivity index (χ0v) is 15.2. The second kappa shape index (κ2) is 7.05. The topological polar surface area (TPSA) is 109 Å². The van der Waals surface area contributed by atoms with Gasteiger partial charge in [0.1, 0.15) is 11.4 Å². The minimum absolute atomic E-state index is 0.0330. The Morgan fingerprint density at radius 1 is 1.10 bits per heavy atom. The summed E-state index contributed by atoms with van der Waals surface area (Å²) in [4.78, 5) is 34.8. The van der Waals surface area contributed by atoms with Gasteiger partial charge in [0.15, 0.2) is 0 Å². The van der Waals surface area contributed by atoms with E-state index in [1.165, 1.54) is 24.4 Å². The SMILES string of the molecule is O=C(O)c1ccc(CNc2cc3c(cc2F)c(=O)c(C(=O)O)cn3C2CC2)cc1. The van der Waals surface area contributed by atoms with E-state index in [4.69, 9.17) is 5.11 Å². The smallest absolute Gasteiger partial charge is 0.341 e. The van der Waals surface area contributed by atoms with Crippen LogP contribution in [0.25, 0.3) is 10.9 Å². The van der Waals surface area contributed by atoms with Crippen molar-refractivity contribution in [1.29, 1.82) is 0 Å². The van der Waals surface area contributed by atoms with Crippen LogP contribution in [-0.4, -0.2) is 26.7 Å². The number of carboxylic acid groups (broad SMARTS) is 2. The van der Waals surface area contributed by atoms with E-state index in [1.807, 2.05) is 0 Å². The number of aromatic nitrogens is 1. The van der Waals surface area contributed by atoms with E-state index in [0.717, 1.165) is 24.5 Å². The standard InChI is InChI=1S/C21H17FN2O5/c22-16-7-14-18(24(13-5-6-13)10-15(19(14)25)21(28)29)8-17(16)23-9-11-1-3-12(4-2-11)20(26)27/h1-4,7-8,10,13,23H,5-6,9H2,(H,26,27)(H,28,29). The Kier molecular flexibility index (Phi) is 4.54. The summed E-state index contributed by atoms with van der Waals surface area (Å²) in [5, 5.41) is 21.2. The molecule has 148 valence electrons. The Hall–Kier alpha value is -3.68. The van der Waals surface area contributed by atoms with Crippen molar-refractivity contribution in [3.05, 3.63) is 75.3 Å². The van der Waals surface area contributed by atoms with E-state index in [1.54, 1.807) is 16.7 Å². The maximum atomic E-state index is 14.6. The fraction of sp³-hybridized carbons (Fsp3) is 0.190. The number of halogens is 1. The number of carbonyl (C=O) groups is 2. The molecule has 2 aromatic carbocycles. The zero-order valence-electron chi connectivity index (χ0n) is 15.2. The molecule has 0 radical (unpaired) electrons. The van der Waals surface area contributed by atoms with E-state index in [9.17, 15) is 23.9 Å². The molecule has 0 amide bonds. The van der Waals surface area contributed by atoms with Gasteiger partial charge in [-0.15, -0.1) is 0 Å². The first kappa shape index (κ1) is 18.7. The van der Waals surface area contributed by atoms with Crippen molar-refractivity contribution >= 4 is 28.5 Å². The van der Waals surface area contributed by atoms with Crippen LogP contribution in [0.15, 0.2) is 47.4 Å². The molecule has 0 saturated heterocycles. The molecule has 3 aromatic rings. The van der Waals surface area contributed by atoms with E-state index in [-0.39, 0.29) is 34.8 Å². The summed E-state index contributed by atoms with van der Waals surface area (Å²) in [7, 11) is 0. The first-order valence-electron chi connectivity index (χ1n) is 9.03. The number of hydrogen-bond donors (Lipinski definition) is 3. The first-order chi connectivity index (χ1) is 13.8. The highest BCUT2D eigenvalue weighted by Gasteiger charge is 2.27. The Morgan fingerprint density at radius 3 is 2.38 bits per heavy atom. The van der Waals surface area contributed by atoms with Gasteiger partial charge in [0.25, 0.3) is 0 Å². The third kappa shape index (κ3) is 3.56. The average molecular weight is 396 g/mol. The van der Waals surface area contributed by atoms with Crippen LogP contribution in [0, 0.1) is 5.82 Å². The molecule has 0 bridgehead atoms. The van der Waals surface area contributed by atoms with Crippen molar-refractivity contribution in [3.63, 3.8) is 0 Å². The quantitative estimate of drug-likeness (QED) is 0.589. The number of fused-ring (bicyclic) bond motifs is 1. The molecule has 1 heterocycles. The second-order valence-electron chi connectivity index (χ2n) is 7.02. The van der Waals surface area contributed by atoms with Gasteiger partial charge in [-0.25, -0.2) is 14.0 Å². The third-order valence-corrected chi connectivity index (χ3v) is 4.98. The van der Waals surface area contributed by atoms with Crippen LogP contribution in [0.3, 0.4) is 0 Å². The predicted molar refractivity (Wildman–Crippen MR) is 104 cm³/mol. The summed E-state index contributed by atoms with van der Waals surface area (Å²) in [5.41, 5.74) is 0.495. The van der Waals surface area contributed by atoms with Crippen LogP contribution >= 0.6 is 0 Å². The summed E-state index contributed by atoms with van der Waals surface area (Å²) in [5.74, 6) is -3.02. The van der Waals surface area contributed by atoms with E-state index in [2.05, 4.69) is 5.32 Å². The molecule has 0 atom stereocenters. The van der Waals surface area contributed by atoms with E-state index in [0.29, 0.717) is 5.52 Å². The van der Waals surface area contributed by atoms with Gasteiger partial charge in [-0.1, -0.05) is 12.1 Å². The van der Waals surface area contributed by atoms with Crippen LogP contribution in [0.4, 0.5) is 10.1 Å². The summed E-state index contributed by atoms with van der Waals surface area (Å²) in [6.45, 7) is 0.253. The van der Waals surface area contributed by atoms with E-state index >= 15 is 0 Å². The molecule has 4 rings (SSSR count). The van der Waals surface area contributed by atoms with Gasteiger partial charge in [0.2, 0.25) is 5.43 Å². The van der Waals surface area contributed by atoms with Crippen molar-refractivity contribution in [2.75, 3.05) is 5.32 Å². The van der Waals surface area contributed by atoms with Crippen LogP contribution in [0.1, 0.15) is 45.2 Å². The Bertz CT molecular complexity index is 1200. The van der Waals surface area contributed by atoms with Gasteiger partial charge >= 0.3 is 11.9 Å². The molecule has 1 aliphatic rings. The number of benzene rings is 2. The minimum atomic E-state index is -1.33. The Balaban J connectivity index is 1.70. The molecular weight excluding hydrogens is 379 g/mol. The molecule has 7 nitrogen and oxygen atoms in total. The fourth-order valence-electron chi connectivity index (χ4n) is 3.27. The number of anilines is 1. The van der Waals surface area contributed by atoms with Crippen molar-refractivity contribution < 1.29 is 24.2 Å². The number of pyridine rings is 1. The van der Waals surface area contributed by atoms with Gasteiger partial charge in [-0.05, 0) is 42.7 Å². The highest BCUT2D eigenvalue weighted by molar-refractivity contribution is 5.93. The number of rotatable bonds is 6. The summed E-state index contributed by atoms with van der Waals surface area (Å²) >= 11 is 0. The normalized spacial score (nSPS) is 13.4. The van der Waals surface area contributed by atoms with Gasteiger partial charge in [-0.3, -0.25) is 4.79 Å². The average Bonchev–Trinajstić information content (AvgIpc) is 3.52. The van der Waals surface area contributed by atoms with Crippen molar-refractivity contribution in [2.45, 2.75) is 25.4 Å². The first-order valence-corrected chi connectivity index (χ1v) is 9.03. The van der Waals surface area contributed by atoms with Gasteiger partial charge in [0.05, 0.1) is 16.8 Å². The number of hydrogen-bond acceptors (Lipinski definition) is 4. The lowest BCUT2D eigenvalue weighted by atomic mass is 10.1. The Labute approximate surface area is 164 Å². The van der Waals surface area contributed by atoms with Crippen LogP contribution in [0.5, 0.6) is 0 Å². The summed E-state index contributed by atoms with van der Waals surface area (Å²) < 4.78 is 16.3. The molecule has 0 spiro atoms. The second-order valence-corrected chi connectivity index (χ2v) is 7.02. The largest absolute Gasteiger partial charge is 0.478 e. The molecule has 8 heteroatoms. The number of nitrogens with zero attached hydrogens (tertiary/aromatic N) is 1. The lowest BCUT2D eigenvalue weighted by Crippen LogP contribution is -2.19. The van der Waals surface area contributed by atoms with Crippen molar-refractivity contribution in [3.8, 4) is 0 Å². The minimum Gasteiger partial charge on any atom is -0.478 e. The molecule has 3 N–H and O–H groups in total. The molecule has 1 fully saturated rings. The molecule has 29 heavy (non-hydrogen) atoms. The number of aromatic carboxylic acids is 2. The summed E-state index contributed by atoms with van der Waals surface area (Å²) in [6.07, 6.45) is 3.07. The lowest BCUT2D eigenvalue weighted by molar-refractivity contribution is 0.0685. The third-order valence-electron chi connectivity index (χ3n) is 4.98. The van der Waals surface area contributed by atoms with E-state index < -0.39 is 23.2 Å². The highest BCUT2D eigenvalue weighted by atomic mass is 19.1. The molecule has 1 saturated carbocycles. The lowest BCUT2D eigenvalue weighted by Gasteiger charge is -2.14. The maximum Gasteiger partial charge on any atom is 0.341 e. The monoisotopic (exact) mass is 396 g/mol. The van der Waals surface area contributed by atoms with Crippen molar-refractivity contribution in [1.82, 2.24) is 4.57 Å². The predicted octanol–water partition coefficient (Wildman–Crippen LogP) is 3.48. The summed E-state index contributed by atoms with van der Waals surface area (Å²) in [6, 6.07) is 8.88. The Morgan fingerprint density at radius 2 is 1.79 bits per heavy atom. The zero-order chi connectivity index (χ0) is 20.7. The molecule has 0 unspecified atom stereocenters. The van der Waals surface area contributed by atoms with Crippen molar-refractivity contribution in [2.24, 2.45) is 0 Å². The number of nitrogens with one attached hydrogen (secondary N) is 1. The molecule has 1 aliphatic carbocycles. The van der Waals surface area contributed by atoms with Gasteiger partial charge in [-0.2, -0.15) is 0 Å². The van der Waals surface area contributed by atoms with Crippen LogP contribution < -0.4 is 10.7 Å². The number of carboxylic acids is 2. The van der Waals surface area contributed by atoms with Gasteiger partial charge in [0, 0.05) is 24.2 Å². The van der Waals surface area contributed by atoms with Gasteiger partial charge < -0.3 is 20.1 Å². The molecule has 0 aliphatic heterocycles. The highest BCUT2D eigenvalue weighted by Crippen LogP contribution is 2.37. The molecule has 1 aromatic heterocycles. The van der Waals surface area contributed by atoms with Crippen LogP contribution in [0.2, 0.25) is 0 Å². The maximum absolute atomic E-state index is 14.6. The van der Waals surface area contributed by atoms with Crippen LogP contribution in [-0.2, 0) is 6.54 Å². The fourth-order valence-corrected chi connectivity index (χ4v) is 3.27.